The minimum Gasteiger partial charge on any atom is -0.872 e. The molecule has 0 saturated carbocycles. The lowest BCUT2D eigenvalue weighted by molar-refractivity contribution is -0.243. The largest absolute Gasteiger partial charge is 0.872 e. The molecule has 0 amide bonds. The number of hydrogen-bond donors (Lipinski definition) is 0. The van der Waals surface area contributed by atoms with Crippen LogP contribution in [0.2, 0.25) is 0 Å². The first-order valence-corrected chi connectivity index (χ1v) is 4.70. The maximum Gasteiger partial charge on any atom is 0.157 e. The van der Waals surface area contributed by atoms with Gasteiger partial charge in [-0.2, -0.15) is 0 Å². The Morgan fingerprint density at radius 2 is 2.07 bits per heavy atom. The Labute approximate surface area is 89.0 Å². The van der Waals surface area contributed by atoms with Crippen LogP contribution >= 0.6 is 0 Å². The quantitative estimate of drug-likeness (QED) is 0.532. The third kappa shape index (κ3) is 3.95. The van der Waals surface area contributed by atoms with Gasteiger partial charge in [-0.05, 0) is 11.6 Å². The summed E-state index contributed by atoms with van der Waals surface area (Å²) in [6.07, 6.45) is 1.36. The van der Waals surface area contributed by atoms with E-state index in [-0.39, 0.29) is 18.0 Å². The van der Waals surface area contributed by atoms with Crippen molar-refractivity contribution in [3.8, 4) is 0 Å². The van der Waals surface area contributed by atoms with Crippen LogP contribution in [-0.2, 0) is 9.53 Å². The predicted molar refractivity (Wildman–Crippen MR) is 55.9 cm³/mol. The van der Waals surface area contributed by atoms with E-state index in [1.54, 1.807) is 24.3 Å². The summed E-state index contributed by atoms with van der Waals surface area (Å²) >= 11 is 0. The number of carbonyl (C=O) groups excluding carboxylic acids is 1. The number of carbonyl (C=O) groups is 1. The minimum absolute atomic E-state index is 0.203. The molecule has 0 unspecified atom stereocenters. The lowest BCUT2D eigenvalue weighted by Gasteiger charge is -2.11. The van der Waals surface area contributed by atoms with E-state index >= 15 is 0 Å². The Bertz CT molecular complexity index is 341. The second kappa shape index (κ2) is 5.98. The van der Waals surface area contributed by atoms with Crippen molar-refractivity contribution >= 4 is 11.5 Å². The molecule has 1 rings (SSSR count). The molecule has 3 nitrogen and oxygen atoms in total. The number of ketones is 1. The van der Waals surface area contributed by atoms with Crippen molar-refractivity contribution in [2.75, 3.05) is 13.7 Å². The van der Waals surface area contributed by atoms with Crippen LogP contribution in [0.5, 0.6) is 0 Å². The summed E-state index contributed by atoms with van der Waals surface area (Å²) in [7, 11) is 1.52. The van der Waals surface area contributed by atoms with E-state index in [2.05, 4.69) is 0 Å². The molecule has 0 aliphatic carbocycles. The molecule has 0 aliphatic heterocycles. The molecule has 1 aromatic carbocycles. The summed E-state index contributed by atoms with van der Waals surface area (Å²) < 4.78 is 4.75. The fourth-order valence-electron chi connectivity index (χ4n) is 1.11. The van der Waals surface area contributed by atoms with E-state index in [1.807, 2.05) is 6.07 Å². The fraction of sp³-hybridized carbons (Fsp3) is 0.250. The number of rotatable bonds is 5. The number of methoxy groups -OCH3 is 1. The van der Waals surface area contributed by atoms with Crippen LogP contribution < -0.4 is 5.11 Å². The van der Waals surface area contributed by atoms with Gasteiger partial charge < -0.3 is 9.84 Å². The lowest BCUT2D eigenvalue weighted by Crippen LogP contribution is -2.07. The third-order valence-electron chi connectivity index (χ3n) is 1.90. The highest BCUT2D eigenvalue weighted by molar-refractivity contribution is 5.95. The molecule has 0 radical (unpaired) electrons. The van der Waals surface area contributed by atoms with Gasteiger partial charge in [0.05, 0.1) is 6.61 Å². The first-order valence-electron chi connectivity index (χ1n) is 4.70. The van der Waals surface area contributed by atoms with Crippen molar-refractivity contribution in [2.45, 2.75) is 6.42 Å². The first kappa shape index (κ1) is 11.5. The molecule has 0 fully saturated rings. The normalized spacial score (nSPS) is 11.4. The van der Waals surface area contributed by atoms with E-state index in [4.69, 9.17) is 4.74 Å². The first-order chi connectivity index (χ1) is 7.24. The molecule has 1 aromatic rings. The van der Waals surface area contributed by atoms with Gasteiger partial charge in [0.2, 0.25) is 0 Å². The van der Waals surface area contributed by atoms with Crippen molar-refractivity contribution in [3.05, 3.63) is 42.0 Å². The molecule has 15 heavy (non-hydrogen) atoms. The number of benzene rings is 1. The Kier molecular flexibility index (Phi) is 4.57. The molecule has 0 heterocycles. The molecule has 0 spiro atoms. The van der Waals surface area contributed by atoms with E-state index in [0.717, 1.165) is 6.08 Å². The molecule has 0 N–H and O–H groups in total. The predicted octanol–water partition coefficient (Wildman–Crippen LogP) is 0.993. The molecular formula is C12H13O3-. The van der Waals surface area contributed by atoms with Gasteiger partial charge in [-0.1, -0.05) is 36.1 Å². The van der Waals surface area contributed by atoms with E-state index in [9.17, 15) is 9.90 Å². The van der Waals surface area contributed by atoms with Crippen molar-refractivity contribution in [3.63, 3.8) is 0 Å². The topological polar surface area (TPSA) is 49.4 Å². The van der Waals surface area contributed by atoms with Gasteiger partial charge >= 0.3 is 0 Å². The summed E-state index contributed by atoms with van der Waals surface area (Å²) in [6, 6.07) is 8.72. The van der Waals surface area contributed by atoms with Gasteiger partial charge in [-0.25, -0.2) is 0 Å². The molecule has 3 heteroatoms. The van der Waals surface area contributed by atoms with Crippen molar-refractivity contribution < 1.29 is 14.6 Å². The maximum absolute atomic E-state index is 11.5. The standard InChI is InChI=1S/C12H14O3/c1-15-8-7-11(13)9-12(14)10-5-3-2-4-6-10/h2-6,9,14H,7-8H2,1H3/p-1/b12-9-. The highest BCUT2D eigenvalue weighted by Gasteiger charge is 1.97. The van der Waals surface area contributed by atoms with Crippen LogP contribution in [0.15, 0.2) is 36.4 Å². The molecule has 80 valence electrons. The zero-order chi connectivity index (χ0) is 11.1. The average Bonchev–Trinajstić information content (AvgIpc) is 2.27. The van der Waals surface area contributed by atoms with Crippen LogP contribution in [-0.4, -0.2) is 19.5 Å². The van der Waals surface area contributed by atoms with Gasteiger partial charge in [-0.3, -0.25) is 4.79 Å². The van der Waals surface area contributed by atoms with Crippen LogP contribution in [0.25, 0.3) is 5.76 Å². The highest BCUT2D eigenvalue weighted by atomic mass is 16.5. The smallest absolute Gasteiger partial charge is 0.157 e. The van der Waals surface area contributed by atoms with Crippen molar-refractivity contribution in [1.82, 2.24) is 0 Å². The van der Waals surface area contributed by atoms with Gasteiger partial charge in [0.15, 0.2) is 5.78 Å². The number of ether oxygens (including phenoxy) is 1. The second-order valence-corrected chi connectivity index (χ2v) is 3.08. The van der Waals surface area contributed by atoms with Gasteiger partial charge in [0.25, 0.3) is 0 Å². The Balaban J connectivity index is 2.64. The SMILES string of the molecule is COCCC(=O)/C=C(\[O-])c1ccccc1. The molecule has 0 bridgehead atoms. The van der Waals surface area contributed by atoms with E-state index < -0.39 is 0 Å². The van der Waals surface area contributed by atoms with E-state index in [1.165, 1.54) is 7.11 Å². The lowest BCUT2D eigenvalue weighted by atomic mass is 10.1. The molecule has 0 aromatic heterocycles. The van der Waals surface area contributed by atoms with Crippen LogP contribution in [0.3, 0.4) is 0 Å². The molecule has 0 atom stereocenters. The molecule has 0 aliphatic rings. The summed E-state index contributed by atoms with van der Waals surface area (Å²) in [5, 5.41) is 11.5. The summed E-state index contributed by atoms with van der Waals surface area (Å²) in [5.41, 5.74) is 0.531. The monoisotopic (exact) mass is 205 g/mol. The van der Waals surface area contributed by atoms with Gasteiger partial charge in [0, 0.05) is 13.5 Å². The van der Waals surface area contributed by atoms with Crippen molar-refractivity contribution in [2.24, 2.45) is 0 Å². The van der Waals surface area contributed by atoms with Crippen LogP contribution in [0, 0.1) is 0 Å². The summed E-state index contributed by atoms with van der Waals surface area (Å²) in [4.78, 5) is 11.2. The average molecular weight is 205 g/mol. The zero-order valence-electron chi connectivity index (χ0n) is 8.60. The van der Waals surface area contributed by atoms with Crippen LogP contribution in [0.4, 0.5) is 0 Å². The summed E-state index contributed by atoms with van der Waals surface area (Å²) in [5.74, 6) is -0.456. The Morgan fingerprint density at radius 1 is 1.40 bits per heavy atom. The highest BCUT2D eigenvalue weighted by Crippen LogP contribution is 2.07. The zero-order valence-corrected chi connectivity index (χ0v) is 8.60. The fourth-order valence-corrected chi connectivity index (χ4v) is 1.11. The molecule has 0 saturated heterocycles. The summed E-state index contributed by atoms with van der Waals surface area (Å²) in [6.45, 7) is 0.345. The minimum atomic E-state index is -0.253. The second-order valence-electron chi connectivity index (χ2n) is 3.08. The number of allylic oxidation sites excluding steroid dienone is 1. The van der Waals surface area contributed by atoms with Crippen LogP contribution in [0.1, 0.15) is 12.0 Å². The maximum atomic E-state index is 11.5. The van der Waals surface area contributed by atoms with Gasteiger partial charge in [-0.15, -0.1) is 0 Å². The Hall–Kier alpha value is -1.61. The van der Waals surface area contributed by atoms with Gasteiger partial charge in [0.1, 0.15) is 0 Å². The Morgan fingerprint density at radius 3 is 2.67 bits per heavy atom. The molecular weight excluding hydrogens is 192 g/mol. The van der Waals surface area contributed by atoms with Crippen molar-refractivity contribution in [1.29, 1.82) is 0 Å². The third-order valence-corrected chi connectivity index (χ3v) is 1.90. The van der Waals surface area contributed by atoms with E-state index in [0.29, 0.717) is 12.2 Å². The number of hydrogen-bond acceptors (Lipinski definition) is 3.